The van der Waals surface area contributed by atoms with Crippen LogP contribution in [0.4, 0.5) is 0 Å². The lowest BCUT2D eigenvalue weighted by Crippen LogP contribution is -2.53. The van der Waals surface area contributed by atoms with E-state index < -0.39 is 0 Å². The van der Waals surface area contributed by atoms with Crippen molar-refractivity contribution in [2.45, 2.75) is 77.0 Å². The first-order chi connectivity index (χ1) is 13.7. The third kappa shape index (κ3) is 7.76. The van der Waals surface area contributed by atoms with Crippen LogP contribution in [0.3, 0.4) is 0 Å². The van der Waals surface area contributed by atoms with Gasteiger partial charge in [-0.25, -0.2) is 4.90 Å². The van der Waals surface area contributed by atoms with Gasteiger partial charge in [0.2, 0.25) is 0 Å². The molecular weight excluding hydrogens is 431 g/mol. The van der Waals surface area contributed by atoms with Crippen LogP contribution in [0, 0.1) is 5.92 Å². The highest BCUT2D eigenvalue weighted by Crippen LogP contribution is 2.32. The molecule has 3 aliphatic rings. The number of carbonyl (C=O) groups is 1. The van der Waals surface area contributed by atoms with Gasteiger partial charge in [0, 0.05) is 26.7 Å². The van der Waals surface area contributed by atoms with Gasteiger partial charge in [0.15, 0.2) is 6.35 Å². The Morgan fingerprint density at radius 3 is 2.30 bits per heavy atom. The summed E-state index contributed by atoms with van der Waals surface area (Å²) in [5.74, 6) is 0.00476. The summed E-state index contributed by atoms with van der Waals surface area (Å²) in [6.07, 6.45) is 8.54. The maximum absolute atomic E-state index is 12.0. The van der Waals surface area contributed by atoms with Crippen molar-refractivity contribution in [1.29, 1.82) is 0 Å². The molecule has 0 aromatic heterocycles. The van der Waals surface area contributed by atoms with Gasteiger partial charge in [-0.3, -0.25) is 9.69 Å². The fourth-order valence-corrected chi connectivity index (χ4v) is 4.66. The molecule has 2 atom stereocenters. The standard InChI is InChI=1S/C21H38N2O5.2ClH/c1-3-26-20(24)17-8-10-18(11-9-17)28-21(22-12-4-5-13-22)23-14-6-7-19(23)27-16-15-25-2;;/h17-19,21H,3-16H2,1-2H3;2*1H/t17?,18?,19-,21?;;/m0../s1. The second-order valence-corrected chi connectivity index (χ2v) is 8.13. The second kappa shape index (κ2) is 14.8. The van der Waals surface area contributed by atoms with Crippen molar-refractivity contribution in [3.8, 4) is 0 Å². The molecule has 0 spiro atoms. The van der Waals surface area contributed by atoms with E-state index in [2.05, 4.69) is 9.80 Å². The monoisotopic (exact) mass is 470 g/mol. The number of hydrogen-bond acceptors (Lipinski definition) is 7. The molecule has 3 rings (SSSR count). The van der Waals surface area contributed by atoms with E-state index in [1.165, 1.54) is 12.8 Å². The molecule has 1 aliphatic carbocycles. The van der Waals surface area contributed by atoms with E-state index in [4.69, 9.17) is 18.9 Å². The van der Waals surface area contributed by atoms with Crippen molar-refractivity contribution in [3.63, 3.8) is 0 Å². The lowest BCUT2D eigenvalue weighted by atomic mass is 9.87. The Balaban J connectivity index is 0.00000225. The Hall–Kier alpha value is -0.150. The molecule has 0 N–H and O–H groups in total. The van der Waals surface area contributed by atoms with Crippen molar-refractivity contribution in [2.75, 3.05) is 46.6 Å². The number of likely N-dealkylation sites (tertiary alicyclic amines) is 2. The minimum absolute atomic E-state index is 0. The second-order valence-electron chi connectivity index (χ2n) is 8.13. The number of rotatable bonds is 10. The summed E-state index contributed by atoms with van der Waals surface area (Å²) in [5, 5.41) is 0. The van der Waals surface area contributed by atoms with Crippen molar-refractivity contribution >= 4 is 30.8 Å². The topological polar surface area (TPSA) is 60.5 Å². The number of ether oxygens (including phenoxy) is 4. The van der Waals surface area contributed by atoms with Gasteiger partial charge in [0.05, 0.1) is 31.8 Å². The minimum Gasteiger partial charge on any atom is -0.466 e. The molecule has 7 nitrogen and oxygen atoms in total. The predicted molar refractivity (Wildman–Crippen MR) is 120 cm³/mol. The number of halogens is 2. The summed E-state index contributed by atoms with van der Waals surface area (Å²) in [4.78, 5) is 16.9. The highest BCUT2D eigenvalue weighted by molar-refractivity contribution is 5.85. The maximum atomic E-state index is 12.0. The molecule has 1 saturated carbocycles. The first-order valence-corrected chi connectivity index (χ1v) is 11.1. The van der Waals surface area contributed by atoms with E-state index in [-0.39, 0.29) is 55.4 Å². The number of nitrogens with zero attached hydrogens (tertiary/aromatic N) is 2. The quantitative estimate of drug-likeness (QED) is 0.357. The van der Waals surface area contributed by atoms with Gasteiger partial charge in [0.1, 0.15) is 6.23 Å². The highest BCUT2D eigenvalue weighted by Gasteiger charge is 2.39. The Bertz CT molecular complexity index is 474. The van der Waals surface area contributed by atoms with E-state index in [9.17, 15) is 4.79 Å². The van der Waals surface area contributed by atoms with Gasteiger partial charge in [-0.15, -0.1) is 24.8 Å². The Labute approximate surface area is 193 Å². The van der Waals surface area contributed by atoms with Crippen LogP contribution >= 0.6 is 24.8 Å². The molecule has 0 amide bonds. The van der Waals surface area contributed by atoms with Crippen LogP contribution in [-0.4, -0.2) is 81.0 Å². The average molecular weight is 471 g/mol. The molecule has 30 heavy (non-hydrogen) atoms. The first-order valence-electron chi connectivity index (χ1n) is 11.1. The molecule has 178 valence electrons. The van der Waals surface area contributed by atoms with Crippen molar-refractivity contribution < 1.29 is 23.7 Å². The first kappa shape index (κ1) is 27.9. The van der Waals surface area contributed by atoms with Crippen LogP contribution in [-0.2, 0) is 23.7 Å². The maximum Gasteiger partial charge on any atom is 0.308 e. The largest absolute Gasteiger partial charge is 0.466 e. The molecule has 2 heterocycles. The SMILES string of the molecule is CCOC(=O)C1CCC(OC(N2CCCC2)N2CCC[C@@H]2OCCOC)CC1.Cl.Cl. The summed E-state index contributed by atoms with van der Waals surface area (Å²) in [5.41, 5.74) is 0. The van der Waals surface area contributed by atoms with Crippen LogP contribution in [0.2, 0.25) is 0 Å². The number of esters is 1. The average Bonchev–Trinajstić information content (AvgIpc) is 3.39. The molecular formula is C21H40Cl2N2O5. The normalized spacial score (nSPS) is 28.5. The molecule has 0 radical (unpaired) electrons. The zero-order valence-corrected chi connectivity index (χ0v) is 20.1. The number of methoxy groups -OCH3 is 1. The zero-order valence-electron chi connectivity index (χ0n) is 18.5. The number of hydrogen-bond donors (Lipinski definition) is 0. The molecule has 0 aromatic rings. The van der Waals surface area contributed by atoms with Gasteiger partial charge in [-0.2, -0.15) is 0 Å². The van der Waals surface area contributed by atoms with Crippen LogP contribution < -0.4 is 0 Å². The molecule has 0 aromatic carbocycles. The van der Waals surface area contributed by atoms with Crippen LogP contribution in [0.25, 0.3) is 0 Å². The van der Waals surface area contributed by atoms with Gasteiger partial charge >= 0.3 is 5.97 Å². The van der Waals surface area contributed by atoms with Crippen molar-refractivity contribution in [2.24, 2.45) is 5.92 Å². The minimum atomic E-state index is -0.0387. The van der Waals surface area contributed by atoms with Gasteiger partial charge in [0.25, 0.3) is 0 Å². The highest BCUT2D eigenvalue weighted by atomic mass is 35.5. The molecule has 1 unspecified atom stereocenters. The summed E-state index contributed by atoms with van der Waals surface area (Å²) >= 11 is 0. The molecule has 3 fully saturated rings. The molecule has 2 saturated heterocycles. The fraction of sp³-hybridized carbons (Fsp3) is 0.952. The third-order valence-electron chi connectivity index (χ3n) is 6.18. The van der Waals surface area contributed by atoms with E-state index >= 15 is 0 Å². The number of carbonyl (C=O) groups excluding carboxylic acids is 1. The van der Waals surface area contributed by atoms with Gasteiger partial charge in [-0.1, -0.05) is 0 Å². The lowest BCUT2D eigenvalue weighted by Gasteiger charge is -2.41. The Kier molecular flexibility index (Phi) is 13.8. The molecule has 9 heteroatoms. The smallest absolute Gasteiger partial charge is 0.308 e. The molecule has 2 aliphatic heterocycles. The zero-order chi connectivity index (χ0) is 19.8. The van der Waals surface area contributed by atoms with Gasteiger partial charge < -0.3 is 18.9 Å². The Morgan fingerprint density at radius 2 is 1.67 bits per heavy atom. The van der Waals surface area contributed by atoms with E-state index in [1.54, 1.807) is 7.11 Å². The van der Waals surface area contributed by atoms with Crippen molar-refractivity contribution in [3.05, 3.63) is 0 Å². The summed E-state index contributed by atoms with van der Waals surface area (Å²) < 4.78 is 23.1. The summed E-state index contributed by atoms with van der Waals surface area (Å²) in [7, 11) is 1.71. The van der Waals surface area contributed by atoms with E-state index in [0.29, 0.717) is 19.8 Å². The summed E-state index contributed by atoms with van der Waals surface area (Å²) in [6.45, 7) is 6.76. The van der Waals surface area contributed by atoms with Crippen LogP contribution in [0.1, 0.15) is 58.3 Å². The van der Waals surface area contributed by atoms with Crippen LogP contribution in [0.15, 0.2) is 0 Å². The Morgan fingerprint density at radius 1 is 0.967 bits per heavy atom. The molecule has 0 bridgehead atoms. The van der Waals surface area contributed by atoms with E-state index in [0.717, 1.165) is 58.2 Å². The van der Waals surface area contributed by atoms with E-state index in [1.807, 2.05) is 6.92 Å². The van der Waals surface area contributed by atoms with Gasteiger partial charge in [-0.05, 0) is 58.3 Å². The third-order valence-corrected chi connectivity index (χ3v) is 6.18. The predicted octanol–water partition coefficient (Wildman–Crippen LogP) is 3.43. The fourth-order valence-electron chi connectivity index (χ4n) is 4.66. The lowest BCUT2D eigenvalue weighted by molar-refractivity contribution is -0.219. The van der Waals surface area contributed by atoms with Crippen molar-refractivity contribution in [1.82, 2.24) is 9.80 Å². The summed E-state index contributed by atoms with van der Waals surface area (Å²) in [6, 6.07) is 0. The van der Waals surface area contributed by atoms with Crippen LogP contribution in [0.5, 0.6) is 0 Å².